The molecule has 9 heteroatoms. The van der Waals surface area contributed by atoms with E-state index >= 15 is 0 Å². The van der Waals surface area contributed by atoms with Crippen molar-refractivity contribution >= 4 is 40.0 Å². The van der Waals surface area contributed by atoms with Gasteiger partial charge < -0.3 is 14.6 Å². The Morgan fingerprint density at radius 2 is 1.86 bits per heavy atom. The molecule has 5 rings (SSSR count). The predicted octanol–water partition coefficient (Wildman–Crippen LogP) is 5.98. The second-order valence-electron chi connectivity index (χ2n) is 8.65. The van der Waals surface area contributed by atoms with Crippen LogP contribution in [0.15, 0.2) is 83.9 Å². The van der Waals surface area contributed by atoms with Crippen LogP contribution in [0.2, 0.25) is 0 Å². The number of amides is 1. The highest BCUT2D eigenvalue weighted by molar-refractivity contribution is 7.99. The molecule has 0 saturated heterocycles. The second kappa shape index (κ2) is 11.1. The predicted molar refractivity (Wildman–Crippen MR) is 147 cm³/mol. The third-order valence-electron chi connectivity index (χ3n) is 6.26. The van der Waals surface area contributed by atoms with E-state index in [1.807, 2.05) is 52.4 Å². The standard InChI is InChI=1S/C28H26N4O3S2/c1-3-14-32-25(21-15-20(21)18-10-6-4-7-11-18)30-31-28(32)37-17-23(33)29-26-24(27(34)35-2)22(16-36-26)19-12-8-5-9-13-19/h3-13,16,20-21H,1,14-15,17H2,2H3,(H,29,33). The van der Waals surface area contributed by atoms with E-state index in [4.69, 9.17) is 4.74 Å². The molecule has 188 valence electrons. The van der Waals surface area contributed by atoms with Crippen molar-refractivity contribution in [2.24, 2.45) is 0 Å². The fourth-order valence-electron chi connectivity index (χ4n) is 4.41. The van der Waals surface area contributed by atoms with Crippen molar-refractivity contribution in [1.29, 1.82) is 0 Å². The summed E-state index contributed by atoms with van der Waals surface area (Å²) in [4.78, 5) is 25.5. The fraction of sp³-hybridized carbons (Fsp3) is 0.214. The van der Waals surface area contributed by atoms with Crippen LogP contribution < -0.4 is 5.32 Å². The molecular formula is C28H26N4O3S2. The highest BCUT2D eigenvalue weighted by Gasteiger charge is 2.43. The summed E-state index contributed by atoms with van der Waals surface area (Å²) in [7, 11) is 1.34. The van der Waals surface area contributed by atoms with E-state index in [1.54, 1.807) is 0 Å². The lowest BCUT2D eigenvalue weighted by molar-refractivity contribution is -0.113. The van der Waals surface area contributed by atoms with E-state index < -0.39 is 5.97 Å². The number of thioether (sulfide) groups is 1. The van der Waals surface area contributed by atoms with Crippen LogP contribution in [-0.2, 0) is 16.1 Å². The Morgan fingerprint density at radius 3 is 2.57 bits per heavy atom. The summed E-state index contributed by atoms with van der Waals surface area (Å²) in [5.41, 5.74) is 3.28. The molecule has 1 amide bonds. The van der Waals surface area contributed by atoms with Gasteiger partial charge in [-0.05, 0) is 23.5 Å². The molecule has 2 aromatic carbocycles. The monoisotopic (exact) mass is 530 g/mol. The molecule has 0 bridgehead atoms. The summed E-state index contributed by atoms with van der Waals surface area (Å²) in [6.07, 6.45) is 2.85. The lowest BCUT2D eigenvalue weighted by Gasteiger charge is -2.09. The third kappa shape index (κ3) is 5.38. The Hall–Kier alpha value is -3.69. The number of allylic oxidation sites excluding steroid dienone is 1. The van der Waals surface area contributed by atoms with Crippen molar-refractivity contribution in [2.45, 2.75) is 30.0 Å². The van der Waals surface area contributed by atoms with Crippen LogP contribution in [-0.4, -0.2) is 39.5 Å². The maximum Gasteiger partial charge on any atom is 0.341 e. The number of rotatable bonds is 10. The Kier molecular flexibility index (Phi) is 7.52. The number of methoxy groups -OCH3 is 1. The van der Waals surface area contributed by atoms with Gasteiger partial charge in [0.05, 0.1) is 12.9 Å². The number of ether oxygens (including phenoxy) is 1. The zero-order chi connectivity index (χ0) is 25.8. The molecule has 1 aliphatic rings. The van der Waals surface area contributed by atoms with E-state index in [9.17, 15) is 9.59 Å². The molecular weight excluding hydrogens is 504 g/mol. The first-order chi connectivity index (χ1) is 18.1. The van der Waals surface area contributed by atoms with E-state index in [1.165, 1.54) is 35.8 Å². The summed E-state index contributed by atoms with van der Waals surface area (Å²) >= 11 is 2.62. The number of hydrogen-bond donors (Lipinski definition) is 1. The molecule has 0 spiro atoms. The van der Waals surface area contributed by atoms with Gasteiger partial charge in [0.15, 0.2) is 5.16 Å². The summed E-state index contributed by atoms with van der Waals surface area (Å²) in [5, 5.41) is 14.7. The third-order valence-corrected chi connectivity index (χ3v) is 8.12. The summed E-state index contributed by atoms with van der Waals surface area (Å²) in [6, 6.07) is 20.0. The largest absolute Gasteiger partial charge is 0.465 e. The summed E-state index contributed by atoms with van der Waals surface area (Å²) < 4.78 is 7.04. The van der Waals surface area contributed by atoms with Crippen molar-refractivity contribution in [3.63, 3.8) is 0 Å². The van der Waals surface area contributed by atoms with Crippen LogP contribution in [0.4, 0.5) is 5.00 Å². The van der Waals surface area contributed by atoms with Gasteiger partial charge in [-0.15, -0.1) is 28.1 Å². The number of esters is 1. The average Bonchev–Trinajstić information content (AvgIpc) is 3.46. The zero-order valence-electron chi connectivity index (χ0n) is 20.3. The minimum absolute atomic E-state index is 0.126. The molecule has 2 heterocycles. The van der Waals surface area contributed by atoms with E-state index in [2.05, 4.69) is 46.4 Å². The van der Waals surface area contributed by atoms with Gasteiger partial charge in [-0.1, -0.05) is 78.5 Å². The first-order valence-corrected chi connectivity index (χ1v) is 13.7. The quantitative estimate of drug-likeness (QED) is 0.154. The van der Waals surface area contributed by atoms with Crippen molar-refractivity contribution in [3.05, 3.63) is 95.6 Å². The van der Waals surface area contributed by atoms with Gasteiger partial charge in [-0.25, -0.2) is 4.79 Å². The first-order valence-electron chi connectivity index (χ1n) is 11.9. The SMILES string of the molecule is C=CCn1c(SCC(=O)Nc2scc(-c3ccccc3)c2C(=O)OC)nnc1C1CC1c1ccccc1. The van der Waals surface area contributed by atoms with E-state index in [0.717, 1.165) is 23.4 Å². The van der Waals surface area contributed by atoms with Crippen molar-refractivity contribution in [1.82, 2.24) is 14.8 Å². The number of aromatic nitrogens is 3. The molecule has 0 aliphatic heterocycles. The lowest BCUT2D eigenvalue weighted by atomic mass is 10.0. The molecule has 2 atom stereocenters. The van der Waals surface area contributed by atoms with Gasteiger partial charge in [0.25, 0.3) is 0 Å². The van der Waals surface area contributed by atoms with Gasteiger partial charge >= 0.3 is 5.97 Å². The van der Waals surface area contributed by atoms with Crippen molar-refractivity contribution in [3.8, 4) is 11.1 Å². The highest BCUT2D eigenvalue weighted by Crippen LogP contribution is 2.54. The number of nitrogens with zero attached hydrogens (tertiary/aromatic N) is 3. The van der Waals surface area contributed by atoms with Crippen LogP contribution in [0, 0.1) is 0 Å². The molecule has 1 saturated carbocycles. The smallest absolute Gasteiger partial charge is 0.341 e. The molecule has 1 fully saturated rings. The number of hydrogen-bond acceptors (Lipinski definition) is 7. The molecule has 4 aromatic rings. The summed E-state index contributed by atoms with van der Waals surface area (Å²) in [5.74, 6) is 1.07. The highest BCUT2D eigenvalue weighted by atomic mass is 32.2. The van der Waals surface area contributed by atoms with E-state index in [0.29, 0.717) is 34.1 Å². The van der Waals surface area contributed by atoms with Gasteiger partial charge in [-0.3, -0.25) is 4.79 Å². The molecule has 1 N–H and O–H groups in total. The lowest BCUT2D eigenvalue weighted by Crippen LogP contribution is -2.16. The number of nitrogens with one attached hydrogen (secondary N) is 1. The molecule has 7 nitrogen and oxygen atoms in total. The Morgan fingerprint density at radius 1 is 1.14 bits per heavy atom. The van der Waals surface area contributed by atoms with Crippen molar-refractivity contribution in [2.75, 3.05) is 18.2 Å². The molecule has 2 unspecified atom stereocenters. The number of carbonyl (C=O) groups is 2. The van der Waals surface area contributed by atoms with Gasteiger partial charge in [0.2, 0.25) is 5.91 Å². The Bertz CT molecular complexity index is 1420. The van der Waals surface area contributed by atoms with Crippen LogP contribution in [0.25, 0.3) is 11.1 Å². The second-order valence-corrected chi connectivity index (χ2v) is 10.5. The number of thiophene rings is 1. The van der Waals surface area contributed by atoms with Crippen LogP contribution >= 0.6 is 23.1 Å². The molecule has 37 heavy (non-hydrogen) atoms. The topological polar surface area (TPSA) is 86.1 Å². The number of benzene rings is 2. The maximum atomic E-state index is 12.9. The minimum Gasteiger partial charge on any atom is -0.465 e. The van der Waals surface area contributed by atoms with Crippen LogP contribution in [0.5, 0.6) is 0 Å². The van der Waals surface area contributed by atoms with Gasteiger partial charge in [0, 0.05) is 23.4 Å². The molecule has 1 aliphatic carbocycles. The van der Waals surface area contributed by atoms with Gasteiger partial charge in [-0.2, -0.15) is 0 Å². The Balaban J connectivity index is 1.28. The van der Waals surface area contributed by atoms with Gasteiger partial charge in [0.1, 0.15) is 16.4 Å². The number of anilines is 1. The van der Waals surface area contributed by atoms with Crippen LogP contribution in [0.3, 0.4) is 0 Å². The average molecular weight is 531 g/mol. The first kappa shape index (κ1) is 25.0. The van der Waals surface area contributed by atoms with Crippen LogP contribution in [0.1, 0.15) is 40.0 Å². The maximum absolute atomic E-state index is 12.9. The Labute approximate surface area is 223 Å². The molecule has 0 radical (unpaired) electrons. The zero-order valence-corrected chi connectivity index (χ0v) is 21.9. The summed E-state index contributed by atoms with van der Waals surface area (Å²) in [6.45, 7) is 4.45. The fourth-order valence-corrected chi connectivity index (χ4v) is 6.14. The van der Waals surface area contributed by atoms with E-state index in [-0.39, 0.29) is 11.7 Å². The molecule has 2 aromatic heterocycles. The normalized spacial score (nSPS) is 16.2. The minimum atomic E-state index is -0.490. The van der Waals surface area contributed by atoms with Crippen molar-refractivity contribution < 1.29 is 14.3 Å². The number of carbonyl (C=O) groups excluding carboxylic acids is 2.